The Hall–Kier alpha value is -0.760. The molecule has 0 aliphatic rings. The normalized spacial score (nSPS) is 10.9. The zero-order chi connectivity index (χ0) is 11.8. The van der Waals surface area contributed by atoms with Crippen LogP contribution in [0.4, 0.5) is 0 Å². The molecule has 1 aromatic heterocycles. The van der Waals surface area contributed by atoms with Crippen LogP contribution < -0.4 is 5.73 Å². The van der Waals surface area contributed by atoms with Gasteiger partial charge in [0.2, 0.25) is 0 Å². The second kappa shape index (κ2) is 7.50. The van der Waals surface area contributed by atoms with Crippen molar-refractivity contribution in [1.82, 2.24) is 4.57 Å². The summed E-state index contributed by atoms with van der Waals surface area (Å²) in [5.41, 5.74) is 8.23. The minimum absolute atomic E-state index is 0.849. The molecule has 2 heteroatoms. The molecular formula is C14H26N2. The number of nitrogens with zero attached hydrogens (tertiary/aromatic N) is 1. The van der Waals surface area contributed by atoms with Crippen LogP contribution in [-0.4, -0.2) is 11.1 Å². The standard InChI is InChI=1S/C14H26N2/c1-13-11-14(2)16(12-13)10-8-6-4-3-5-7-9-15/h11-12H,3-10,15H2,1-2H3. The van der Waals surface area contributed by atoms with Crippen LogP contribution in [-0.2, 0) is 6.54 Å². The number of aryl methyl sites for hydroxylation is 3. The van der Waals surface area contributed by atoms with Crippen LogP contribution in [0.25, 0.3) is 0 Å². The quantitative estimate of drug-likeness (QED) is 0.671. The molecular weight excluding hydrogens is 196 g/mol. The number of unbranched alkanes of at least 4 members (excludes halogenated alkanes) is 5. The lowest BCUT2D eigenvalue weighted by Gasteiger charge is -2.05. The minimum Gasteiger partial charge on any atom is -0.351 e. The fraction of sp³-hybridized carbons (Fsp3) is 0.714. The van der Waals surface area contributed by atoms with Gasteiger partial charge in [0, 0.05) is 18.4 Å². The van der Waals surface area contributed by atoms with Gasteiger partial charge in [-0.2, -0.15) is 0 Å². The highest BCUT2D eigenvalue weighted by atomic mass is 15.0. The molecule has 0 unspecified atom stereocenters. The summed E-state index contributed by atoms with van der Waals surface area (Å²) in [6, 6.07) is 2.25. The Bertz CT molecular complexity index is 289. The monoisotopic (exact) mass is 222 g/mol. The molecule has 0 bridgehead atoms. The van der Waals surface area contributed by atoms with E-state index in [2.05, 4.69) is 30.7 Å². The Balaban J connectivity index is 2.05. The topological polar surface area (TPSA) is 30.9 Å². The number of rotatable bonds is 8. The summed E-state index contributed by atoms with van der Waals surface area (Å²) in [6.07, 6.45) is 10.1. The second-order valence-electron chi connectivity index (χ2n) is 4.76. The lowest BCUT2D eigenvalue weighted by molar-refractivity contribution is 0.550. The summed E-state index contributed by atoms with van der Waals surface area (Å²) in [7, 11) is 0. The van der Waals surface area contributed by atoms with E-state index in [4.69, 9.17) is 5.73 Å². The molecule has 2 nitrogen and oxygen atoms in total. The van der Waals surface area contributed by atoms with Crippen LogP contribution in [0.15, 0.2) is 12.3 Å². The van der Waals surface area contributed by atoms with Gasteiger partial charge in [-0.3, -0.25) is 0 Å². The molecule has 0 aliphatic heterocycles. The van der Waals surface area contributed by atoms with Crippen molar-refractivity contribution in [2.75, 3.05) is 6.54 Å². The van der Waals surface area contributed by atoms with Crippen LogP contribution >= 0.6 is 0 Å². The first-order chi connectivity index (χ1) is 7.74. The van der Waals surface area contributed by atoms with E-state index in [1.54, 1.807) is 0 Å². The van der Waals surface area contributed by atoms with E-state index in [1.165, 1.54) is 56.3 Å². The lowest BCUT2D eigenvalue weighted by Crippen LogP contribution is -1.99. The Kier molecular flexibility index (Phi) is 6.24. The number of hydrogen-bond donors (Lipinski definition) is 1. The predicted octanol–water partition coefficient (Wildman–Crippen LogP) is 3.40. The molecule has 92 valence electrons. The molecule has 0 aliphatic carbocycles. The van der Waals surface area contributed by atoms with Gasteiger partial charge in [-0.25, -0.2) is 0 Å². The molecule has 0 amide bonds. The minimum atomic E-state index is 0.849. The van der Waals surface area contributed by atoms with E-state index < -0.39 is 0 Å². The molecule has 0 aromatic carbocycles. The molecule has 16 heavy (non-hydrogen) atoms. The molecule has 1 aromatic rings. The number of hydrogen-bond acceptors (Lipinski definition) is 1. The Morgan fingerprint density at radius 3 is 2.19 bits per heavy atom. The van der Waals surface area contributed by atoms with Crippen molar-refractivity contribution >= 4 is 0 Å². The summed E-state index contributed by atoms with van der Waals surface area (Å²) in [6.45, 7) is 6.38. The summed E-state index contributed by atoms with van der Waals surface area (Å²) in [5, 5.41) is 0. The van der Waals surface area contributed by atoms with Crippen LogP contribution in [0.5, 0.6) is 0 Å². The van der Waals surface area contributed by atoms with Gasteiger partial charge in [0.05, 0.1) is 0 Å². The van der Waals surface area contributed by atoms with Crippen molar-refractivity contribution in [3.63, 3.8) is 0 Å². The number of nitrogens with two attached hydrogens (primary N) is 1. The Labute approximate surface area is 99.8 Å². The molecule has 0 saturated heterocycles. The van der Waals surface area contributed by atoms with Gasteiger partial charge in [-0.05, 0) is 44.9 Å². The zero-order valence-corrected chi connectivity index (χ0v) is 10.8. The maximum Gasteiger partial charge on any atom is 0.0222 e. The van der Waals surface area contributed by atoms with E-state index in [0.717, 1.165) is 6.54 Å². The van der Waals surface area contributed by atoms with Crippen molar-refractivity contribution in [1.29, 1.82) is 0 Å². The van der Waals surface area contributed by atoms with Gasteiger partial charge < -0.3 is 10.3 Å². The maximum atomic E-state index is 5.46. The third-order valence-electron chi connectivity index (χ3n) is 3.10. The van der Waals surface area contributed by atoms with Gasteiger partial charge in [0.15, 0.2) is 0 Å². The van der Waals surface area contributed by atoms with E-state index in [-0.39, 0.29) is 0 Å². The van der Waals surface area contributed by atoms with Crippen LogP contribution in [0, 0.1) is 13.8 Å². The smallest absolute Gasteiger partial charge is 0.0222 e. The SMILES string of the molecule is Cc1cc(C)n(CCCCCCCCN)c1. The average molecular weight is 222 g/mol. The van der Waals surface area contributed by atoms with Crippen molar-refractivity contribution in [3.05, 3.63) is 23.5 Å². The van der Waals surface area contributed by atoms with E-state index >= 15 is 0 Å². The molecule has 0 saturated carbocycles. The molecule has 2 N–H and O–H groups in total. The Morgan fingerprint density at radius 1 is 1.00 bits per heavy atom. The van der Waals surface area contributed by atoms with Crippen LogP contribution in [0.2, 0.25) is 0 Å². The zero-order valence-electron chi connectivity index (χ0n) is 10.8. The van der Waals surface area contributed by atoms with E-state index in [0.29, 0.717) is 0 Å². The van der Waals surface area contributed by atoms with Gasteiger partial charge >= 0.3 is 0 Å². The molecule has 0 atom stereocenters. The predicted molar refractivity (Wildman–Crippen MR) is 70.7 cm³/mol. The summed E-state index contributed by atoms with van der Waals surface area (Å²) < 4.78 is 2.37. The van der Waals surface area contributed by atoms with Gasteiger partial charge in [0.1, 0.15) is 0 Å². The van der Waals surface area contributed by atoms with Crippen molar-refractivity contribution in [2.24, 2.45) is 5.73 Å². The van der Waals surface area contributed by atoms with Gasteiger partial charge in [0.25, 0.3) is 0 Å². The molecule has 0 radical (unpaired) electrons. The van der Waals surface area contributed by atoms with Crippen molar-refractivity contribution in [3.8, 4) is 0 Å². The van der Waals surface area contributed by atoms with Crippen molar-refractivity contribution < 1.29 is 0 Å². The van der Waals surface area contributed by atoms with Gasteiger partial charge in [-0.1, -0.05) is 25.7 Å². The van der Waals surface area contributed by atoms with E-state index in [9.17, 15) is 0 Å². The largest absolute Gasteiger partial charge is 0.351 e. The summed E-state index contributed by atoms with van der Waals surface area (Å²) in [5.74, 6) is 0. The highest BCUT2D eigenvalue weighted by Crippen LogP contribution is 2.10. The second-order valence-corrected chi connectivity index (χ2v) is 4.76. The Morgan fingerprint density at radius 2 is 1.62 bits per heavy atom. The summed E-state index contributed by atoms with van der Waals surface area (Å²) >= 11 is 0. The van der Waals surface area contributed by atoms with Crippen LogP contribution in [0.3, 0.4) is 0 Å². The van der Waals surface area contributed by atoms with Crippen molar-refractivity contribution in [2.45, 2.75) is 58.9 Å². The fourth-order valence-electron chi connectivity index (χ4n) is 2.17. The molecule has 0 spiro atoms. The molecule has 1 heterocycles. The molecule has 0 fully saturated rings. The average Bonchev–Trinajstić information content (AvgIpc) is 2.56. The summed E-state index contributed by atoms with van der Waals surface area (Å²) in [4.78, 5) is 0. The van der Waals surface area contributed by atoms with Gasteiger partial charge in [-0.15, -0.1) is 0 Å². The van der Waals surface area contributed by atoms with Crippen LogP contribution in [0.1, 0.15) is 49.8 Å². The van der Waals surface area contributed by atoms with E-state index in [1.807, 2.05) is 0 Å². The maximum absolute atomic E-state index is 5.46. The highest BCUT2D eigenvalue weighted by Gasteiger charge is 1.98. The first kappa shape index (κ1) is 13.3. The fourth-order valence-corrected chi connectivity index (χ4v) is 2.17. The first-order valence-electron chi connectivity index (χ1n) is 6.57. The number of aromatic nitrogens is 1. The third-order valence-corrected chi connectivity index (χ3v) is 3.10. The first-order valence-corrected chi connectivity index (χ1v) is 6.57. The molecule has 1 rings (SSSR count). The highest BCUT2D eigenvalue weighted by molar-refractivity contribution is 5.15. The lowest BCUT2D eigenvalue weighted by atomic mass is 10.1. The third kappa shape index (κ3) is 4.84.